The molecule has 0 saturated carbocycles. The highest BCUT2D eigenvalue weighted by Crippen LogP contribution is 1.89. The van der Waals surface area contributed by atoms with Crippen LogP contribution >= 0.6 is 0 Å². The number of hydrazone groups is 1. The van der Waals surface area contributed by atoms with Crippen molar-refractivity contribution in [2.45, 2.75) is 6.92 Å². The molecule has 0 amide bonds. The molecule has 0 aromatic heterocycles. The summed E-state index contributed by atoms with van der Waals surface area (Å²) >= 11 is 0. The summed E-state index contributed by atoms with van der Waals surface area (Å²) < 4.78 is 6.16. The second kappa shape index (κ2) is 4.74. The molecule has 0 bridgehead atoms. The SMILES string of the molecule is CO/C(C)=C/C(=[N+](\C)N)[NH+](C)[O-]. The number of quaternary nitrogens is 1. The third kappa shape index (κ3) is 3.36. The fourth-order valence-corrected chi connectivity index (χ4v) is 0.703. The third-order valence-electron chi connectivity index (χ3n) is 1.40. The summed E-state index contributed by atoms with van der Waals surface area (Å²) in [5.41, 5.74) is 0. The molecule has 70 valence electrons. The first-order valence-electron chi connectivity index (χ1n) is 3.57. The Kier molecular flexibility index (Phi) is 4.31. The van der Waals surface area contributed by atoms with Crippen molar-refractivity contribution < 1.29 is 14.5 Å². The summed E-state index contributed by atoms with van der Waals surface area (Å²) in [6.07, 6.45) is 1.60. The molecule has 0 aliphatic heterocycles. The van der Waals surface area contributed by atoms with E-state index in [1.165, 1.54) is 11.7 Å². The van der Waals surface area contributed by atoms with Crippen molar-refractivity contribution in [3.05, 3.63) is 17.0 Å². The third-order valence-corrected chi connectivity index (χ3v) is 1.40. The lowest BCUT2D eigenvalue weighted by molar-refractivity contribution is -0.760. The number of nitrogens with one attached hydrogen (secondary N) is 1. The van der Waals surface area contributed by atoms with Crippen LogP contribution in [0.1, 0.15) is 6.92 Å². The van der Waals surface area contributed by atoms with Crippen molar-refractivity contribution in [1.29, 1.82) is 0 Å². The fourth-order valence-electron chi connectivity index (χ4n) is 0.703. The molecular weight excluding hydrogens is 158 g/mol. The van der Waals surface area contributed by atoms with E-state index in [9.17, 15) is 5.21 Å². The van der Waals surface area contributed by atoms with E-state index in [4.69, 9.17) is 10.6 Å². The van der Waals surface area contributed by atoms with E-state index in [1.807, 2.05) is 0 Å². The summed E-state index contributed by atoms with van der Waals surface area (Å²) in [6, 6.07) is 0. The van der Waals surface area contributed by atoms with Gasteiger partial charge in [0.1, 0.15) is 11.8 Å². The monoisotopic (exact) mass is 174 g/mol. The molecule has 0 rings (SSSR count). The molecule has 1 atom stereocenters. The van der Waals surface area contributed by atoms with Crippen LogP contribution in [-0.4, -0.2) is 31.7 Å². The molecule has 0 aliphatic rings. The minimum absolute atomic E-state index is 0.0867. The second-order valence-corrected chi connectivity index (χ2v) is 2.51. The number of amidine groups is 1. The summed E-state index contributed by atoms with van der Waals surface area (Å²) in [5, 5.41) is 10.9. The molecular formula is C7H16N3O2+. The normalized spacial score (nSPS) is 16.9. The van der Waals surface area contributed by atoms with Crippen molar-refractivity contribution in [1.82, 2.24) is 0 Å². The Morgan fingerprint density at radius 3 is 2.42 bits per heavy atom. The highest BCUT2D eigenvalue weighted by molar-refractivity contribution is 5.81. The lowest BCUT2D eigenvalue weighted by atomic mass is 10.4. The number of hydrazine groups is 1. The van der Waals surface area contributed by atoms with Crippen LogP contribution in [0.2, 0.25) is 0 Å². The number of nitrogens with zero attached hydrogens (tertiary/aromatic N) is 1. The molecule has 5 heteroatoms. The average molecular weight is 174 g/mol. The van der Waals surface area contributed by atoms with E-state index in [2.05, 4.69) is 0 Å². The first kappa shape index (κ1) is 10.9. The number of rotatable bonds is 2. The number of allylic oxidation sites excluding steroid dienone is 1. The van der Waals surface area contributed by atoms with Crippen LogP contribution < -0.4 is 10.9 Å². The maximum Gasteiger partial charge on any atom is 0.392 e. The Hall–Kier alpha value is -1.07. The Bertz CT molecular complexity index is 205. The van der Waals surface area contributed by atoms with Gasteiger partial charge in [-0.2, -0.15) is 0 Å². The first-order valence-corrected chi connectivity index (χ1v) is 3.57. The van der Waals surface area contributed by atoms with Crippen LogP contribution in [0.3, 0.4) is 0 Å². The minimum atomic E-state index is -0.0867. The second-order valence-electron chi connectivity index (χ2n) is 2.51. The lowest BCUT2D eigenvalue weighted by Gasteiger charge is -2.11. The molecule has 0 radical (unpaired) electrons. The molecule has 5 nitrogen and oxygen atoms in total. The van der Waals surface area contributed by atoms with Gasteiger partial charge in [0.2, 0.25) is 0 Å². The highest BCUT2D eigenvalue weighted by Gasteiger charge is 2.11. The van der Waals surface area contributed by atoms with Crippen LogP contribution in [0.15, 0.2) is 11.8 Å². The van der Waals surface area contributed by atoms with Crippen LogP contribution in [-0.2, 0) is 4.74 Å². The largest absolute Gasteiger partial charge is 0.625 e. The Balaban J connectivity index is 4.69. The van der Waals surface area contributed by atoms with Crippen LogP contribution in [0, 0.1) is 5.21 Å². The Morgan fingerprint density at radius 2 is 2.17 bits per heavy atom. The number of hydrogen-bond acceptors (Lipinski definition) is 3. The minimum Gasteiger partial charge on any atom is -0.625 e. The number of ether oxygens (including phenoxy) is 1. The molecule has 0 aliphatic carbocycles. The van der Waals surface area contributed by atoms with Gasteiger partial charge < -0.3 is 9.94 Å². The molecule has 12 heavy (non-hydrogen) atoms. The fraction of sp³-hybridized carbons (Fsp3) is 0.571. The van der Waals surface area contributed by atoms with E-state index in [0.29, 0.717) is 11.6 Å². The maximum atomic E-state index is 11.0. The van der Waals surface area contributed by atoms with E-state index >= 15 is 0 Å². The molecule has 0 spiro atoms. The van der Waals surface area contributed by atoms with E-state index in [0.717, 1.165) is 0 Å². The van der Waals surface area contributed by atoms with Crippen molar-refractivity contribution in [3.8, 4) is 0 Å². The summed E-state index contributed by atoms with van der Waals surface area (Å²) in [4.78, 5) is 0. The van der Waals surface area contributed by atoms with Gasteiger partial charge in [0.15, 0.2) is 7.05 Å². The zero-order chi connectivity index (χ0) is 9.72. The highest BCUT2D eigenvalue weighted by atomic mass is 16.5. The smallest absolute Gasteiger partial charge is 0.392 e. The van der Waals surface area contributed by atoms with Crippen LogP contribution in [0.4, 0.5) is 0 Å². The molecule has 1 unspecified atom stereocenters. The van der Waals surface area contributed by atoms with Gasteiger partial charge in [0.05, 0.1) is 14.2 Å². The van der Waals surface area contributed by atoms with Gasteiger partial charge in [-0.05, 0) is 6.92 Å². The van der Waals surface area contributed by atoms with Crippen molar-refractivity contribution in [3.63, 3.8) is 0 Å². The average Bonchev–Trinajstić information content (AvgIpc) is 1.98. The number of methoxy groups -OCH3 is 1. The van der Waals surface area contributed by atoms with Gasteiger partial charge >= 0.3 is 5.84 Å². The van der Waals surface area contributed by atoms with E-state index < -0.39 is 0 Å². The standard InChI is InChI=1S/C7H16N3O2/c1-6(12-4)5-7(9(2)8)10(3)11/h5,10H,8H2,1-4H3/q+1/b6-5+,9-7-. The zero-order valence-electron chi connectivity index (χ0n) is 7.92. The summed E-state index contributed by atoms with van der Waals surface area (Å²) in [7, 11) is 4.61. The number of hydrogen-bond donors (Lipinski definition) is 2. The Morgan fingerprint density at radius 1 is 1.67 bits per heavy atom. The van der Waals surface area contributed by atoms with Crippen molar-refractivity contribution in [2.24, 2.45) is 5.84 Å². The first-order chi connectivity index (χ1) is 5.49. The molecule has 3 N–H and O–H groups in total. The van der Waals surface area contributed by atoms with Crippen molar-refractivity contribution >= 4 is 5.84 Å². The van der Waals surface area contributed by atoms with E-state index in [-0.39, 0.29) is 5.06 Å². The maximum absolute atomic E-state index is 11.0. The van der Waals surface area contributed by atoms with Crippen LogP contribution in [0.25, 0.3) is 0 Å². The van der Waals surface area contributed by atoms with Crippen molar-refractivity contribution in [2.75, 3.05) is 21.2 Å². The zero-order valence-corrected chi connectivity index (χ0v) is 7.92. The van der Waals surface area contributed by atoms with Gasteiger partial charge in [-0.25, -0.2) is 5.84 Å². The topological polar surface area (TPSA) is 65.8 Å². The quantitative estimate of drug-likeness (QED) is 0.133. The van der Waals surface area contributed by atoms with Gasteiger partial charge in [0.25, 0.3) is 0 Å². The van der Waals surface area contributed by atoms with Gasteiger partial charge in [-0.1, -0.05) is 4.68 Å². The predicted octanol–water partition coefficient (Wildman–Crippen LogP) is -1.54. The molecule has 0 saturated heterocycles. The summed E-state index contributed by atoms with van der Waals surface area (Å²) in [6.45, 7) is 1.76. The molecule has 0 aromatic rings. The number of likely N-dealkylation sites (N-methyl/N-ethyl adjacent to an activating group) is 1. The van der Waals surface area contributed by atoms with Crippen LogP contribution in [0.5, 0.6) is 0 Å². The van der Waals surface area contributed by atoms with E-state index in [1.54, 1.807) is 27.2 Å². The van der Waals surface area contributed by atoms with Gasteiger partial charge in [-0.15, -0.1) is 0 Å². The molecule has 0 aromatic carbocycles. The molecule has 0 heterocycles. The van der Waals surface area contributed by atoms with Gasteiger partial charge in [0, 0.05) is 0 Å². The number of hydroxylamine groups is 2. The predicted molar refractivity (Wildman–Crippen MR) is 46.4 cm³/mol. The molecule has 0 fully saturated rings. The summed E-state index contributed by atoms with van der Waals surface area (Å²) in [5.74, 6) is 6.49. The number of nitrogens with two attached hydrogens (primary N) is 1. The Labute approximate surface area is 72.3 Å². The lowest BCUT2D eigenvalue weighted by Crippen LogP contribution is -3.07. The van der Waals surface area contributed by atoms with Gasteiger partial charge in [-0.3, -0.25) is 5.06 Å².